The minimum Gasteiger partial charge on any atom is -0.352 e. The Bertz CT molecular complexity index is 596. The number of hydrogen-bond donors (Lipinski definition) is 1. The Hall–Kier alpha value is -1.84. The molecule has 0 spiro atoms. The number of carbonyl (C=O) groups excluding carboxylic acids is 1. The summed E-state index contributed by atoms with van der Waals surface area (Å²) in [6, 6.07) is 6.16. The lowest BCUT2D eigenvalue weighted by Gasteiger charge is -2.10. The molecule has 0 bridgehead atoms. The van der Waals surface area contributed by atoms with Gasteiger partial charge in [0, 0.05) is 19.5 Å². The molecular weight excluding hydrogens is 238 g/mol. The van der Waals surface area contributed by atoms with Gasteiger partial charge in [0.1, 0.15) is 0 Å². The molecule has 3 rings (SSSR count). The summed E-state index contributed by atoms with van der Waals surface area (Å²) in [5, 5.41) is 3.04. The van der Waals surface area contributed by atoms with Crippen LogP contribution in [0.1, 0.15) is 31.2 Å². The van der Waals surface area contributed by atoms with Crippen molar-refractivity contribution in [3.05, 3.63) is 30.1 Å². The van der Waals surface area contributed by atoms with Crippen LogP contribution in [-0.4, -0.2) is 15.5 Å². The SMILES string of the molecule is Cn1cnc2cc(CNC(=O)C3CCCC3)ccc21. The van der Waals surface area contributed by atoms with Crippen molar-refractivity contribution < 1.29 is 4.79 Å². The number of aryl methyl sites for hydroxylation is 1. The largest absolute Gasteiger partial charge is 0.352 e. The zero-order valence-corrected chi connectivity index (χ0v) is 11.2. The second kappa shape index (κ2) is 5.03. The van der Waals surface area contributed by atoms with Gasteiger partial charge in [-0.25, -0.2) is 4.98 Å². The van der Waals surface area contributed by atoms with Crippen LogP contribution in [0, 0.1) is 5.92 Å². The van der Waals surface area contributed by atoms with Crippen LogP contribution in [0.4, 0.5) is 0 Å². The number of amides is 1. The van der Waals surface area contributed by atoms with Crippen molar-refractivity contribution in [2.24, 2.45) is 13.0 Å². The smallest absolute Gasteiger partial charge is 0.223 e. The zero-order valence-electron chi connectivity index (χ0n) is 11.2. The molecule has 19 heavy (non-hydrogen) atoms. The van der Waals surface area contributed by atoms with Gasteiger partial charge in [0.2, 0.25) is 5.91 Å². The number of imidazole rings is 1. The maximum Gasteiger partial charge on any atom is 0.223 e. The quantitative estimate of drug-likeness (QED) is 0.917. The summed E-state index contributed by atoms with van der Waals surface area (Å²) in [4.78, 5) is 16.3. The Kier molecular flexibility index (Phi) is 3.23. The number of rotatable bonds is 3. The Morgan fingerprint density at radius 1 is 1.42 bits per heavy atom. The number of aromatic nitrogens is 2. The van der Waals surface area contributed by atoms with Gasteiger partial charge in [0.15, 0.2) is 0 Å². The van der Waals surface area contributed by atoms with Crippen molar-refractivity contribution in [1.82, 2.24) is 14.9 Å². The summed E-state index contributed by atoms with van der Waals surface area (Å²) in [6.45, 7) is 0.599. The first-order valence-electron chi connectivity index (χ1n) is 6.92. The maximum atomic E-state index is 12.0. The van der Waals surface area contributed by atoms with E-state index in [1.165, 1.54) is 12.8 Å². The van der Waals surface area contributed by atoms with Gasteiger partial charge in [0.05, 0.1) is 17.4 Å². The second-order valence-electron chi connectivity index (χ2n) is 5.38. The summed E-state index contributed by atoms with van der Waals surface area (Å²) < 4.78 is 2.00. The van der Waals surface area contributed by atoms with Crippen LogP contribution in [0.15, 0.2) is 24.5 Å². The first kappa shape index (κ1) is 12.2. The average molecular weight is 257 g/mol. The van der Waals surface area contributed by atoms with Crippen molar-refractivity contribution in [3.8, 4) is 0 Å². The molecular formula is C15H19N3O. The van der Waals surface area contributed by atoms with E-state index in [1.807, 2.05) is 24.0 Å². The van der Waals surface area contributed by atoms with Crippen molar-refractivity contribution in [3.63, 3.8) is 0 Å². The average Bonchev–Trinajstić information content (AvgIpc) is 3.06. The summed E-state index contributed by atoms with van der Waals surface area (Å²) >= 11 is 0. The van der Waals surface area contributed by atoms with Crippen molar-refractivity contribution in [1.29, 1.82) is 0 Å². The standard InChI is InChI=1S/C15H19N3O/c1-18-10-17-13-8-11(6-7-14(13)18)9-16-15(19)12-4-2-3-5-12/h6-8,10,12H,2-5,9H2,1H3,(H,16,19). The fourth-order valence-electron chi connectivity index (χ4n) is 2.81. The maximum absolute atomic E-state index is 12.0. The van der Waals surface area contributed by atoms with Gasteiger partial charge < -0.3 is 9.88 Å². The fraction of sp³-hybridized carbons (Fsp3) is 0.467. The zero-order chi connectivity index (χ0) is 13.2. The molecule has 1 aliphatic carbocycles. The Balaban J connectivity index is 1.66. The van der Waals surface area contributed by atoms with Crippen molar-refractivity contribution in [2.45, 2.75) is 32.2 Å². The Morgan fingerprint density at radius 3 is 3.00 bits per heavy atom. The number of nitrogens with zero attached hydrogens (tertiary/aromatic N) is 2. The molecule has 0 aliphatic heterocycles. The molecule has 4 nitrogen and oxygen atoms in total. The number of carbonyl (C=O) groups is 1. The lowest BCUT2D eigenvalue weighted by atomic mass is 10.1. The number of fused-ring (bicyclic) bond motifs is 1. The van der Waals surface area contributed by atoms with Crippen LogP contribution in [0.25, 0.3) is 11.0 Å². The number of benzene rings is 1. The van der Waals surface area contributed by atoms with Crippen LogP contribution >= 0.6 is 0 Å². The van der Waals surface area contributed by atoms with Crippen LogP contribution in [0.3, 0.4) is 0 Å². The second-order valence-corrected chi connectivity index (χ2v) is 5.38. The van der Waals surface area contributed by atoms with Crippen LogP contribution < -0.4 is 5.32 Å². The normalized spacial score (nSPS) is 16.1. The van der Waals surface area contributed by atoms with Crippen molar-refractivity contribution in [2.75, 3.05) is 0 Å². The molecule has 0 radical (unpaired) electrons. The Labute approximate surface area is 112 Å². The molecule has 1 aliphatic rings. The third kappa shape index (κ3) is 2.48. The predicted octanol–water partition coefficient (Wildman–Crippen LogP) is 2.38. The molecule has 100 valence electrons. The van der Waals surface area contributed by atoms with Gasteiger partial charge in [-0.2, -0.15) is 0 Å². The van der Waals surface area contributed by atoms with Gasteiger partial charge in [-0.1, -0.05) is 18.9 Å². The minimum atomic E-state index is 0.207. The first-order valence-corrected chi connectivity index (χ1v) is 6.92. The van der Waals surface area contributed by atoms with E-state index in [-0.39, 0.29) is 11.8 Å². The predicted molar refractivity (Wildman–Crippen MR) is 74.5 cm³/mol. The first-order chi connectivity index (χ1) is 9.24. The lowest BCUT2D eigenvalue weighted by molar-refractivity contribution is -0.124. The van der Waals surface area contributed by atoms with E-state index in [4.69, 9.17) is 0 Å². The topological polar surface area (TPSA) is 46.9 Å². The molecule has 0 atom stereocenters. The van der Waals surface area contributed by atoms with E-state index in [0.717, 1.165) is 29.4 Å². The fourth-order valence-corrected chi connectivity index (χ4v) is 2.81. The molecule has 0 saturated heterocycles. The highest BCUT2D eigenvalue weighted by molar-refractivity contribution is 5.79. The van der Waals surface area contributed by atoms with E-state index in [2.05, 4.69) is 22.4 Å². The minimum absolute atomic E-state index is 0.207. The third-order valence-corrected chi connectivity index (χ3v) is 3.98. The molecule has 1 fully saturated rings. The van der Waals surface area contributed by atoms with Crippen LogP contribution in [-0.2, 0) is 18.4 Å². The Morgan fingerprint density at radius 2 is 2.21 bits per heavy atom. The molecule has 1 amide bonds. The van der Waals surface area contributed by atoms with E-state index in [9.17, 15) is 4.79 Å². The van der Waals surface area contributed by atoms with Crippen molar-refractivity contribution >= 4 is 16.9 Å². The molecule has 2 aromatic rings. The molecule has 1 aromatic heterocycles. The van der Waals surface area contributed by atoms with Gasteiger partial charge in [-0.3, -0.25) is 4.79 Å². The third-order valence-electron chi connectivity index (χ3n) is 3.98. The van der Waals surface area contributed by atoms with Gasteiger partial charge in [-0.05, 0) is 30.5 Å². The van der Waals surface area contributed by atoms with Gasteiger partial charge >= 0.3 is 0 Å². The summed E-state index contributed by atoms with van der Waals surface area (Å²) in [5.41, 5.74) is 3.21. The van der Waals surface area contributed by atoms with E-state index in [1.54, 1.807) is 0 Å². The van der Waals surface area contributed by atoms with Crippen LogP contribution in [0.5, 0.6) is 0 Å². The van der Waals surface area contributed by atoms with Gasteiger partial charge in [0.25, 0.3) is 0 Å². The van der Waals surface area contributed by atoms with E-state index >= 15 is 0 Å². The molecule has 1 N–H and O–H groups in total. The molecule has 1 heterocycles. The van der Waals surface area contributed by atoms with E-state index in [0.29, 0.717) is 6.54 Å². The molecule has 1 aromatic carbocycles. The van der Waals surface area contributed by atoms with E-state index < -0.39 is 0 Å². The molecule has 1 saturated carbocycles. The summed E-state index contributed by atoms with van der Waals surface area (Å²) in [6.07, 6.45) is 6.29. The highest BCUT2D eigenvalue weighted by Gasteiger charge is 2.22. The highest BCUT2D eigenvalue weighted by Crippen LogP contribution is 2.24. The molecule has 0 unspecified atom stereocenters. The lowest BCUT2D eigenvalue weighted by Crippen LogP contribution is -2.28. The number of hydrogen-bond acceptors (Lipinski definition) is 2. The highest BCUT2D eigenvalue weighted by atomic mass is 16.1. The summed E-state index contributed by atoms with van der Waals surface area (Å²) in [7, 11) is 1.98. The van der Waals surface area contributed by atoms with Gasteiger partial charge in [-0.15, -0.1) is 0 Å². The number of nitrogens with one attached hydrogen (secondary N) is 1. The summed E-state index contributed by atoms with van der Waals surface area (Å²) in [5.74, 6) is 0.442. The molecule has 4 heteroatoms. The van der Waals surface area contributed by atoms with Crippen LogP contribution in [0.2, 0.25) is 0 Å². The monoisotopic (exact) mass is 257 g/mol.